The van der Waals surface area contributed by atoms with Crippen molar-refractivity contribution in [3.8, 4) is 0 Å². The lowest BCUT2D eigenvalue weighted by Crippen LogP contribution is -2.33. The molecule has 0 bridgehead atoms. The number of carbonyl (C=O) groups excluding carboxylic acids is 1. The summed E-state index contributed by atoms with van der Waals surface area (Å²) < 4.78 is 0. The van der Waals surface area contributed by atoms with Crippen LogP contribution in [0.25, 0.3) is 0 Å². The maximum Gasteiger partial charge on any atom is 0.140 e. The van der Waals surface area contributed by atoms with Crippen molar-refractivity contribution in [3.05, 3.63) is 35.4 Å². The van der Waals surface area contributed by atoms with Crippen LogP contribution in [0, 0.1) is 18.8 Å². The van der Waals surface area contributed by atoms with E-state index >= 15 is 0 Å². The third-order valence-corrected chi connectivity index (χ3v) is 4.12. The summed E-state index contributed by atoms with van der Waals surface area (Å²) in [5, 5.41) is 0. The minimum absolute atomic E-state index is 0.199. The minimum atomic E-state index is 0.199. The van der Waals surface area contributed by atoms with Gasteiger partial charge in [-0.15, -0.1) is 0 Å². The largest absolute Gasteiger partial charge is 0.330 e. The molecule has 0 aromatic heterocycles. The van der Waals surface area contributed by atoms with Crippen LogP contribution in [0.4, 0.5) is 0 Å². The first-order valence-corrected chi connectivity index (χ1v) is 6.99. The molecule has 1 aromatic carbocycles. The molecule has 0 saturated heterocycles. The fourth-order valence-corrected chi connectivity index (χ4v) is 2.95. The van der Waals surface area contributed by atoms with E-state index in [1.165, 1.54) is 18.4 Å². The number of aryl methyl sites for hydroxylation is 1. The second-order valence-corrected chi connectivity index (χ2v) is 5.52. The van der Waals surface area contributed by atoms with Crippen molar-refractivity contribution in [1.29, 1.82) is 0 Å². The van der Waals surface area contributed by atoms with Crippen molar-refractivity contribution < 1.29 is 4.79 Å². The van der Waals surface area contributed by atoms with Gasteiger partial charge in [0.15, 0.2) is 0 Å². The monoisotopic (exact) mass is 245 g/mol. The van der Waals surface area contributed by atoms with Crippen LogP contribution in [0.3, 0.4) is 0 Å². The van der Waals surface area contributed by atoms with Gasteiger partial charge in [-0.1, -0.05) is 42.7 Å². The lowest BCUT2D eigenvalue weighted by atomic mass is 9.76. The van der Waals surface area contributed by atoms with Crippen molar-refractivity contribution in [2.75, 3.05) is 6.54 Å². The third-order valence-electron chi connectivity index (χ3n) is 4.12. The molecule has 0 radical (unpaired) electrons. The molecule has 2 unspecified atom stereocenters. The van der Waals surface area contributed by atoms with Gasteiger partial charge in [0.1, 0.15) is 5.78 Å². The Labute approximate surface area is 110 Å². The van der Waals surface area contributed by atoms with Crippen LogP contribution in [0.15, 0.2) is 24.3 Å². The zero-order valence-electron chi connectivity index (χ0n) is 11.2. The van der Waals surface area contributed by atoms with Gasteiger partial charge in [-0.05, 0) is 37.8 Å². The average molecular weight is 245 g/mol. The summed E-state index contributed by atoms with van der Waals surface area (Å²) in [7, 11) is 0. The average Bonchev–Trinajstić information content (AvgIpc) is 2.41. The fourth-order valence-electron chi connectivity index (χ4n) is 2.95. The van der Waals surface area contributed by atoms with Gasteiger partial charge in [0, 0.05) is 12.3 Å². The quantitative estimate of drug-likeness (QED) is 0.886. The van der Waals surface area contributed by atoms with Crippen molar-refractivity contribution >= 4 is 5.78 Å². The Bertz CT molecular complexity index is 396. The fraction of sp³-hybridized carbons (Fsp3) is 0.562. The van der Waals surface area contributed by atoms with Crippen LogP contribution in [0.5, 0.6) is 0 Å². The molecule has 0 heterocycles. The van der Waals surface area contributed by atoms with Crippen molar-refractivity contribution in [1.82, 2.24) is 0 Å². The molecule has 2 heteroatoms. The smallest absolute Gasteiger partial charge is 0.140 e. The zero-order chi connectivity index (χ0) is 13.0. The first-order chi connectivity index (χ1) is 8.70. The Morgan fingerprint density at radius 1 is 1.22 bits per heavy atom. The van der Waals surface area contributed by atoms with E-state index in [0.29, 0.717) is 24.7 Å². The van der Waals surface area contributed by atoms with Crippen molar-refractivity contribution in [3.63, 3.8) is 0 Å². The molecule has 18 heavy (non-hydrogen) atoms. The highest BCUT2D eigenvalue weighted by Crippen LogP contribution is 2.30. The second-order valence-electron chi connectivity index (χ2n) is 5.52. The van der Waals surface area contributed by atoms with Gasteiger partial charge >= 0.3 is 0 Å². The highest BCUT2D eigenvalue weighted by Gasteiger charge is 2.29. The number of Topliss-reactive ketones (excluding diaryl/α,β-unsaturated/α-hetero) is 1. The van der Waals surface area contributed by atoms with E-state index in [-0.39, 0.29) is 5.92 Å². The summed E-state index contributed by atoms with van der Waals surface area (Å²) in [5.74, 6) is 0.996. The van der Waals surface area contributed by atoms with E-state index in [1.54, 1.807) is 0 Å². The number of hydrogen-bond acceptors (Lipinski definition) is 2. The first-order valence-electron chi connectivity index (χ1n) is 6.99. The molecule has 0 aliphatic heterocycles. The number of ketones is 1. The molecule has 2 rings (SSSR count). The molecule has 2 nitrogen and oxygen atoms in total. The number of nitrogens with two attached hydrogens (primary N) is 1. The maximum absolute atomic E-state index is 12.4. The van der Waals surface area contributed by atoms with Crippen molar-refractivity contribution in [2.45, 2.75) is 39.0 Å². The molecule has 2 atom stereocenters. The van der Waals surface area contributed by atoms with E-state index in [1.807, 2.05) is 0 Å². The molecule has 1 aliphatic rings. The predicted molar refractivity (Wildman–Crippen MR) is 74.4 cm³/mol. The van der Waals surface area contributed by atoms with E-state index in [4.69, 9.17) is 5.73 Å². The predicted octanol–water partition coefficient (Wildman–Crippen LogP) is 2.87. The number of rotatable bonds is 4. The van der Waals surface area contributed by atoms with E-state index in [0.717, 1.165) is 18.4 Å². The summed E-state index contributed by atoms with van der Waals surface area (Å²) >= 11 is 0. The van der Waals surface area contributed by atoms with Gasteiger partial charge in [0.05, 0.1) is 0 Å². The zero-order valence-corrected chi connectivity index (χ0v) is 11.2. The molecule has 2 N–H and O–H groups in total. The first kappa shape index (κ1) is 13.3. The lowest BCUT2D eigenvalue weighted by Gasteiger charge is -2.29. The van der Waals surface area contributed by atoms with Crippen LogP contribution in [-0.4, -0.2) is 12.3 Å². The Morgan fingerprint density at radius 2 is 1.89 bits per heavy atom. The van der Waals surface area contributed by atoms with Crippen LogP contribution < -0.4 is 5.73 Å². The Balaban J connectivity index is 2.00. The Morgan fingerprint density at radius 3 is 2.56 bits per heavy atom. The van der Waals surface area contributed by atoms with Gasteiger partial charge < -0.3 is 5.73 Å². The summed E-state index contributed by atoms with van der Waals surface area (Å²) in [4.78, 5) is 12.4. The SMILES string of the molecule is Cc1ccc(CC(=O)C2CCCCC2CN)cc1. The van der Waals surface area contributed by atoms with Crippen LogP contribution in [-0.2, 0) is 11.2 Å². The molecule has 1 aliphatic carbocycles. The van der Waals surface area contributed by atoms with E-state index in [9.17, 15) is 4.79 Å². The highest BCUT2D eigenvalue weighted by molar-refractivity contribution is 5.83. The molecule has 0 amide bonds. The Kier molecular flexibility index (Phi) is 4.54. The van der Waals surface area contributed by atoms with Crippen LogP contribution >= 0.6 is 0 Å². The summed E-state index contributed by atoms with van der Waals surface area (Å²) in [6.45, 7) is 2.72. The molecule has 98 valence electrons. The van der Waals surface area contributed by atoms with E-state index in [2.05, 4.69) is 31.2 Å². The van der Waals surface area contributed by atoms with Gasteiger partial charge in [0.25, 0.3) is 0 Å². The Hall–Kier alpha value is -1.15. The van der Waals surface area contributed by atoms with Gasteiger partial charge in [-0.3, -0.25) is 4.79 Å². The minimum Gasteiger partial charge on any atom is -0.330 e. The molecule has 0 spiro atoms. The molecule has 1 aromatic rings. The van der Waals surface area contributed by atoms with Crippen molar-refractivity contribution in [2.24, 2.45) is 17.6 Å². The van der Waals surface area contributed by atoms with Crippen LogP contribution in [0.2, 0.25) is 0 Å². The standard InChI is InChI=1S/C16H23NO/c1-12-6-8-13(9-7-12)10-16(18)15-5-3-2-4-14(15)11-17/h6-9,14-15H,2-5,10-11,17H2,1H3. The van der Waals surface area contributed by atoms with Gasteiger partial charge in [-0.25, -0.2) is 0 Å². The highest BCUT2D eigenvalue weighted by atomic mass is 16.1. The second kappa shape index (κ2) is 6.14. The molecule has 1 fully saturated rings. The number of benzene rings is 1. The van der Waals surface area contributed by atoms with Gasteiger partial charge in [0.2, 0.25) is 0 Å². The topological polar surface area (TPSA) is 43.1 Å². The summed E-state index contributed by atoms with van der Waals surface area (Å²) in [5.41, 5.74) is 8.16. The summed E-state index contributed by atoms with van der Waals surface area (Å²) in [6, 6.07) is 8.27. The maximum atomic E-state index is 12.4. The molecule has 1 saturated carbocycles. The summed E-state index contributed by atoms with van der Waals surface area (Å²) in [6.07, 6.45) is 5.14. The third kappa shape index (κ3) is 3.20. The van der Waals surface area contributed by atoms with Gasteiger partial charge in [-0.2, -0.15) is 0 Å². The normalized spacial score (nSPS) is 23.9. The number of hydrogen-bond donors (Lipinski definition) is 1. The molecular formula is C16H23NO. The number of carbonyl (C=O) groups is 1. The lowest BCUT2D eigenvalue weighted by molar-refractivity contribution is -0.124. The van der Waals surface area contributed by atoms with Crippen LogP contribution in [0.1, 0.15) is 36.8 Å². The molecular weight excluding hydrogens is 222 g/mol. The van der Waals surface area contributed by atoms with E-state index < -0.39 is 0 Å².